The highest BCUT2D eigenvalue weighted by molar-refractivity contribution is 5.80. The first-order valence-electron chi connectivity index (χ1n) is 13.6. The van der Waals surface area contributed by atoms with Gasteiger partial charge in [0.15, 0.2) is 0 Å². The van der Waals surface area contributed by atoms with E-state index in [1.54, 1.807) is 0 Å². The third kappa shape index (κ3) is 5.42. The van der Waals surface area contributed by atoms with Gasteiger partial charge in [0.2, 0.25) is 11.8 Å². The number of nitrogens with one attached hydrogen (secondary N) is 2. The standard InChI is InChI=1S/C27H47N3O3/c1-16-9-10-21(29-25(31)18-7-6-8-20(12-18)27(3,4)33)14-22(16)23-13-19-15-28-17(2)11-24(19)30(5)26(23)32/h16-24,28,33H,6-15H2,1-5H3,(H,29,31). The molecule has 2 amide bonds. The van der Waals surface area contributed by atoms with E-state index in [-0.39, 0.29) is 29.7 Å². The molecule has 2 saturated carbocycles. The number of hydrogen-bond donors (Lipinski definition) is 3. The Labute approximate surface area is 200 Å². The first kappa shape index (κ1) is 25.0. The van der Waals surface area contributed by atoms with E-state index in [0.29, 0.717) is 35.7 Å². The average Bonchev–Trinajstić information content (AvgIpc) is 2.77. The highest BCUT2D eigenvalue weighted by atomic mass is 16.3. The van der Waals surface area contributed by atoms with Gasteiger partial charge in [0.25, 0.3) is 0 Å². The number of amides is 2. The van der Waals surface area contributed by atoms with Crippen LogP contribution in [0.3, 0.4) is 0 Å². The Morgan fingerprint density at radius 2 is 1.85 bits per heavy atom. The van der Waals surface area contributed by atoms with Gasteiger partial charge >= 0.3 is 0 Å². The number of hydrogen-bond acceptors (Lipinski definition) is 4. The van der Waals surface area contributed by atoms with Crippen LogP contribution >= 0.6 is 0 Å². The quantitative estimate of drug-likeness (QED) is 0.600. The lowest BCUT2D eigenvalue weighted by Gasteiger charge is -2.50. The van der Waals surface area contributed by atoms with Crippen LogP contribution in [0.15, 0.2) is 0 Å². The summed E-state index contributed by atoms with van der Waals surface area (Å²) in [5.74, 6) is 2.17. The third-order valence-corrected chi connectivity index (χ3v) is 9.75. The van der Waals surface area contributed by atoms with Crippen LogP contribution in [-0.2, 0) is 9.59 Å². The van der Waals surface area contributed by atoms with Crippen LogP contribution in [0, 0.1) is 35.5 Å². The lowest BCUT2D eigenvalue weighted by Crippen LogP contribution is -2.60. The zero-order valence-corrected chi connectivity index (χ0v) is 21.5. The fourth-order valence-electron chi connectivity index (χ4n) is 7.49. The summed E-state index contributed by atoms with van der Waals surface area (Å²) in [6.07, 6.45) is 8.74. The van der Waals surface area contributed by atoms with Crippen molar-refractivity contribution in [3.8, 4) is 0 Å². The van der Waals surface area contributed by atoms with Gasteiger partial charge in [-0.1, -0.05) is 13.3 Å². The number of fused-ring (bicyclic) bond motifs is 1. The van der Waals surface area contributed by atoms with Gasteiger partial charge in [-0.2, -0.15) is 0 Å². The number of aliphatic hydroxyl groups is 1. The third-order valence-electron chi connectivity index (χ3n) is 9.75. The molecule has 2 saturated heterocycles. The fraction of sp³-hybridized carbons (Fsp3) is 0.926. The molecule has 4 rings (SSSR count). The molecule has 33 heavy (non-hydrogen) atoms. The van der Waals surface area contributed by atoms with Crippen LogP contribution in [0.2, 0.25) is 0 Å². The van der Waals surface area contributed by atoms with Crippen LogP contribution < -0.4 is 10.6 Å². The number of carbonyl (C=O) groups excluding carboxylic acids is 2. The Morgan fingerprint density at radius 3 is 2.58 bits per heavy atom. The zero-order chi connectivity index (χ0) is 23.9. The smallest absolute Gasteiger partial charge is 0.225 e. The molecule has 4 aliphatic rings. The summed E-state index contributed by atoms with van der Waals surface area (Å²) in [6, 6.07) is 1.01. The molecule has 188 valence electrons. The number of likely N-dealkylation sites (tertiary alicyclic amines) is 1. The van der Waals surface area contributed by atoms with Gasteiger partial charge in [-0.05, 0) is 95.8 Å². The van der Waals surface area contributed by atoms with Crippen molar-refractivity contribution in [1.82, 2.24) is 15.5 Å². The lowest BCUT2D eigenvalue weighted by atomic mass is 9.65. The van der Waals surface area contributed by atoms with E-state index in [9.17, 15) is 14.7 Å². The van der Waals surface area contributed by atoms with Crippen molar-refractivity contribution >= 4 is 11.8 Å². The lowest BCUT2D eigenvalue weighted by molar-refractivity contribution is -0.148. The van der Waals surface area contributed by atoms with Gasteiger partial charge < -0.3 is 20.6 Å². The van der Waals surface area contributed by atoms with Crippen molar-refractivity contribution in [3.05, 3.63) is 0 Å². The molecule has 0 aromatic rings. The van der Waals surface area contributed by atoms with Gasteiger partial charge in [0.05, 0.1) is 5.60 Å². The van der Waals surface area contributed by atoms with Crippen molar-refractivity contribution in [2.24, 2.45) is 35.5 Å². The summed E-state index contributed by atoms with van der Waals surface area (Å²) in [6.45, 7) is 9.27. The Kier molecular flexibility index (Phi) is 7.45. The minimum absolute atomic E-state index is 0.00600. The maximum atomic E-state index is 13.4. The van der Waals surface area contributed by atoms with E-state index < -0.39 is 5.60 Å². The van der Waals surface area contributed by atoms with Crippen molar-refractivity contribution in [1.29, 1.82) is 0 Å². The predicted octanol–water partition coefficient (Wildman–Crippen LogP) is 3.33. The Bertz CT molecular complexity index is 720. The van der Waals surface area contributed by atoms with Crippen LogP contribution in [0.5, 0.6) is 0 Å². The second-order valence-electron chi connectivity index (χ2n) is 12.5. The molecule has 0 aromatic heterocycles. The van der Waals surface area contributed by atoms with Gasteiger partial charge in [-0.25, -0.2) is 0 Å². The number of nitrogens with zero attached hydrogens (tertiary/aromatic N) is 1. The van der Waals surface area contributed by atoms with E-state index in [4.69, 9.17) is 0 Å². The zero-order valence-electron chi connectivity index (χ0n) is 21.5. The maximum Gasteiger partial charge on any atom is 0.225 e. The van der Waals surface area contributed by atoms with Crippen molar-refractivity contribution in [2.75, 3.05) is 13.6 Å². The van der Waals surface area contributed by atoms with E-state index in [2.05, 4.69) is 29.4 Å². The van der Waals surface area contributed by atoms with Crippen LogP contribution in [-0.4, -0.2) is 59.1 Å². The molecule has 2 aliphatic heterocycles. The van der Waals surface area contributed by atoms with Gasteiger partial charge in [0.1, 0.15) is 0 Å². The molecule has 2 aliphatic carbocycles. The minimum Gasteiger partial charge on any atom is -0.390 e. The Morgan fingerprint density at radius 1 is 1.09 bits per heavy atom. The van der Waals surface area contributed by atoms with Crippen molar-refractivity contribution in [3.63, 3.8) is 0 Å². The number of rotatable bonds is 4. The second-order valence-corrected chi connectivity index (χ2v) is 12.5. The van der Waals surface area contributed by atoms with Crippen LogP contribution in [0.1, 0.15) is 85.5 Å². The highest BCUT2D eigenvalue weighted by Gasteiger charge is 2.47. The van der Waals surface area contributed by atoms with E-state index >= 15 is 0 Å². The Hall–Kier alpha value is -1.14. The molecule has 0 aromatic carbocycles. The largest absolute Gasteiger partial charge is 0.390 e. The molecule has 3 N–H and O–H groups in total. The Balaban J connectivity index is 1.38. The topological polar surface area (TPSA) is 81.7 Å². The molecule has 9 unspecified atom stereocenters. The molecule has 0 bridgehead atoms. The second kappa shape index (κ2) is 9.85. The monoisotopic (exact) mass is 461 g/mol. The normalized spacial score (nSPS) is 42.5. The van der Waals surface area contributed by atoms with E-state index in [0.717, 1.165) is 64.3 Å². The number of piperidine rings is 2. The first-order valence-corrected chi connectivity index (χ1v) is 13.6. The van der Waals surface area contributed by atoms with Crippen LogP contribution in [0.4, 0.5) is 0 Å². The molecule has 6 heteroatoms. The molecule has 9 atom stereocenters. The van der Waals surface area contributed by atoms with Gasteiger partial charge in [-0.3, -0.25) is 9.59 Å². The summed E-state index contributed by atoms with van der Waals surface area (Å²) >= 11 is 0. The maximum absolute atomic E-state index is 13.4. The SMILES string of the molecule is CC1CC2C(CN1)CC(C1CC(NC(=O)C3CCCC(C(C)(C)O)C3)CCC1C)C(=O)N2C. The van der Waals surface area contributed by atoms with E-state index in [1.807, 2.05) is 20.9 Å². The first-order chi connectivity index (χ1) is 15.5. The molecular weight excluding hydrogens is 414 g/mol. The predicted molar refractivity (Wildman–Crippen MR) is 130 cm³/mol. The van der Waals surface area contributed by atoms with Gasteiger partial charge in [0, 0.05) is 43.6 Å². The highest BCUT2D eigenvalue weighted by Crippen LogP contribution is 2.43. The minimum atomic E-state index is -0.721. The summed E-state index contributed by atoms with van der Waals surface area (Å²) in [5, 5.41) is 17.4. The summed E-state index contributed by atoms with van der Waals surface area (Å²) < 4.78 is 0. The fourth-order valence-corrected chi connectivity index (χ4v) is 7.49. The summed E-state index contributed by atoms with van der Waals surface area (Å²) in [5.41, 5.74) is -0.721. The van der Waals surface area contributed by atoms with E-state index in [1.165, 1.54) is 0 Å². The molecule has 2 heterocycles. The molecule has 0 radical (unpaired) electrons. The average molecular weight is 462 g/mol. The summed E-state index contributed by atoms with van der Waals surface area (Å²) in [4.78, 5) is 28.7. The van der Waals surface area contributed by atoms with Crippen molar-refractivity contribution < 1.29 is 14.7 Å². The van der Waals surface area contributed by atoms with Crippen LogP contribution in [0.25, 0.3) is 0 Å². The molecule has 0 spiro atoms. The summed E-state index contributed by atoms with van der Waals surface area (Å²) in [7, 11) is 2.01. The molecular formula is C27H47N3O3. The van der Waals surface area contributed by atoms with Crippen molar-refractivity contribution in [2.45, 2.75) is 109 Å². The van der Waals surface area contributed by atoms with Gasteiger partial charge in [-0.15, -0.1) is 0 Å². The number of carbonyl (C=O) groups is 2. The molecule has 6 nitrogen and oxygen atoms in total. The molecule has 4 fully saturated rings.